The average molecular weight is 411 g/mol. The average Bonchev–Trinajstić information content (AvgIpc) is 3.14. The quantitative estimate of drug-likeness (QED) is 0.725. The number of quaternary nitrogens is 1. The zero-order valence-electron chi connectivity index (χ0n) is 15.4. The van der Waals surface area contributed by atoms with E-state index in [1.165, 1.54) is 39.8 Å². The Balaban J connectivity index is 1.81. The maximum absolute atomic E-state index is 13.0. The van der Waals surface area contributed by atoms with Crippen molar-refractivity contribution in [3.8, 4) is 5.75 Å². The zero-order valence-corrected chi connectivity index (χ0v) is 17.0. The molecule has 3 rings (SSSR count). The maximum atomic E-state index is 13.0. The van der Waals surface area contributed by atoms with E-state index < -0.39 is 10.0 Å². The van der Waals surface area contributed by atoms with Crippen LogP contribution in [0.3, 0.4) is 0 Å². The normalized spacial score (nSPS) is 16.2. The summed E-state index contributed by atoms with van der Waals surface area (Å²) >= 11 is 1.50. The highest BCUT2D eigenvalue weighted by Gasteiger charge is 2.29. The van der Waals surface area contributed by atoms with Crippen LogP contribution in [0.1, 0.15) is 4.88 Å². The molecular formula is C18H24N3O4S2+. The molecule has 2 aromatic rings. The first-order valence-corrected chi connectivity index (χ1v) is 11.0. The van der Waals surface area contributed by atoms with E-state index in [1.807, 2.05) is 17.5 Å². The minimum Gasteiger partial charge on any atom is -0.495 e. The van der Waals surface area contributed by atoms with E-state index in [0.29, 0.717) is 24.5 Å². The Morgan fingerprint density at radius 2 is 2.04 bits per heavy atom. The first-order chi connectivity index (χ1) is 12.9. The number of amides is 1. The van der Waals surface area contributed by atoms with Crippen molar-refractivity contribution in [1.82, 2.24) is 4.31 Å². The summed E-state index contributed by atoms with van der Waals surface area (Å²) in [5, 5.41) is 4.69. The van der Waals surface area contributed by atoms with E-state index in [1.54, 1.807) is 6.07 Å². The second-order valence-electron chi connectivity index (χ2n) is 6.53. The van der Waals surface area contributed by atoms with Gasteiger partial charge >= 0.3 is 0 Å². The number of piperazine rings is 1. The van der Waals surface area contributed by atoms with E-state index in [9.17, 15) is 13.2 Å². The van der Waals surface area contributed by atoms with Crippen LogP contribution in [0.5, 0.6) is 5.75 Å². The van der Waals surface area contributed by atoms with Gasteiger partial charge in [0.15, 0.2) is 0 Å². The minimum atomic E-state index is -3.60. The van der Waals surface area contributed by atoms with Crippen LogP contribution in [0.15, 0.2) is 40.6 Å². The lowest BCUT2D eigenvalue weighted by atomic mass is 10.2. The molecule has 1 amide bonds. The van der Waals surface area contributed by atoms with Crippen molar-refractivity contribution < 1.29 is 22.8 Å². The number of hydrogen-bond acceptors (Lipinski definition) is 5. The highest BCUT2D eigenvalue weighted by Crippen LogP contribution is 2.29. The van der Waals surface area contributed by atoms with Gasteiger partial charge in [0.2, 0.25) is 15.9 Å². The fraction of sp³-hybridized carbons (Fsp3) is 0.389. The highest BCUT2D eigenvalue weighted by molar-refractivity contribution is 7.89. The van der Waals surface area contributed by atoms with Gasteiger partial charge in [-0.15, -0.1) is 11.3 Å². The molecule has 0 radical (unpaired) electrons. The number of nitrogens with one attached hydrogen (secondary N) is 2. The Morgan fingerprint density at radius 1 is 1.30 bits per heavy atom. The topological polar surface area (TPSA) is 80.2 Å². The Hall–Kier alpha value is -1.94. The summed E-state index contributed by atoms with van der Waals surface area (Å²) < 4.78 is 32.7. The van der Waals surface area contributed by atoms with Crippen molar-refractivity contribution in [2.45, 2.75) is 11.3 Å². The number of nitrogens with zero attached hydrogens (tertiary/aromatic N) is 1. The largest absolute Gasteiger partial charge is 0.495 e. The molecule has 2 N–H and O–H groups in total. The SMILES string of the molecule is COc1ccc(S(=O)(=O)N2CC[NH+](C)CC2)cc1NC(=O)Cc1cccs1. The maximum Gasteiger partial charge on any atom is 0.243 e. The second kappa shape index (κ2) is 8.39. The Morgan fingerprint density at radius 3 is 2.67 bits per heavy atom. The molecule has 0 aliphatic carbocycles. The van der Waals surface area contributed by atoms with Crippen LogP contribution >= 0.6 is 11.3 Å². The van der Waals surface area contributed by atoms with Crippen LogP contribution in [0.2, 0.25) is 0 Å². The fourth-order valence-electron chi connectivity index (χ4n) is 2.97. The number of rotatable bonds is 6. The van der Waals surface area contributed by atoms with Crippen molar-refractivity contribution in [1.29, 1.82) is 0 Å². The summed E-state index contributed by atoms with van der Waals surface area (Å²) in [5.41, 5.74) is 0.361. The molecule has 1 aliphatic rings. The van der Waals surface area contributed by atoms with Crippen LogP contribution in [-0.2, 0) is 21.2 Å². The van der Waals surface area contributed by atoms with Gasteiger partial charge in [-0.1, -0.05) is 6.07 Å². The first kappa shape index (κ1) is 19.8. The third kappa shape index (κ3) is 4.67. The van der Waals surface area contributed by atoms with Gasteiger partial charge in [0.1, 0.15) is 5.75 Å². The van der Waals surface area contributed by atoms with Gasteiger partial charge in [-0.3, -0.25) is 4.79 Å². The first-order valence-electron chi connectivity index (χ1n) is 8.72. The molecule has 9 heteroatoms. The molecular weight excluding hydrogens is 386 g/mol. The molecule has 1 aliphatic heterocycles. The number of thiophene rings is 1. The van der Waals surface area contributed by atoms with E-state index in [-0.39, 0.29) is 17.2 Å². The molecule has 27 heavy (non-hydrogen) atoms. The van der Waals surface area contributed by atoms with Crippen LogP contribution in [0.4, 0.5) is 5.69 Å². The van der Waals surface area contributed by atoms with Gasteiger partial charge in [-0.05, 0) is 29.6 Å². The van der Waals surface area contributed by atoms with Gasteiger partial charge in [0.05, 0.1) is 57.3 Å². The standard InChI is InChI=1S/C18H23N3O4S2/c1-20-7-9-21(10-8-20)27(23,24)15-5-6-17(25-2)16(13-15)19-18(22)12-14-4-3-11-26-14/h3-6,11,13H,7-10,12H2,1-2H3,(H,19,22)/p+1. The summed E-state index contributed by atoms with van der Waals surface area (Å²) in [6.45, 7) is 2.53. The lowest BCUT2D eigenvalue weighted by molar-refractivity contribution is -0.883. The lowest BCUT2D eigenvalue weighted by Gasteiger charge is -2.29. The smallest absolute Gasteiger partial charge is 0.243 e. The summed E-state index contributed by atoms with van der Waals surface area (Å²) in [7, 11) is -0.0615. The van der Waals surface area contributed by atoms with E-state index in [4.69, 9.17) is 4.74 Å². The van der Waals surface area contributed by atoms with Crippen LogP contribution in [0.25, 0.3) is 0 Å². The molecule has 1 saturated heterocycles. The highest BCUT2D eigenvalue weighted by atomic mass is 32.2. The third-order valence-corrected chi connectivity index (χ3v) is 7.34. The summed E-state index contributed by atoms with van der Waals surface area (Å²) in [4.78, 5) is 14.7. The lowest BCUT2D eigenvalue weighted by Crippen LogP contribution is -3.12. The zero-order chi connectivity index (χ0) is 19.4. The molecule has 0 saturated carbocycles. The van der Waals surface area contributed by atoms with Crippen molar-refractivity contribution in [2.24, 2.45) is 0 Å². The van der Waals surface area contributed by atoms with Crippen LogP contribution in [-0.4, -0.2) is 59.0 Å². The number of methoxy groups -OCH3 is 1. The molecule has 146 valence electrons. The Labute approximate surface area is 163 Å². The number of likely N-dealkylation sites (N-methyl/N-ethyl adjacent to an activating group) is 1. The van der Waals surface area contributed by atoms with Gasteiger partial charge in [0, 0.05) is 4.88 Å². The Bertz CT molecular complexity index is 889. The predicted octanol–water partition coefficient (Wildman–Crippen LogP) is 0.457. The number of hydrogen-bond donors (Lipinski definition) is 2. The molecule has 1 aromatic heterocycles. The van der Waals surface area contributed by atoms with Crippen molar-refractivity contribution in [2.75, 3.05) is 45.7 Å². The minimum absolute atomic E-state index is 0.161. The number of benzene rings is 1. The Kier molecular flexibility index (Phi) is 6.15. The third-order valence-electron chi connectivity index (χ3n) is 4.57. The van der Waals surface area contributed by atoms with Gasteiger partial charge in [-0.25, -0.2) is 8.42 Å². The summed E-state index contributed by atoms with van der Waals surface area (Å²) in [5.74, 6) is 0.213. The van der Waals surface area contributed by atoms with Gasteiger partial charge in [0.25, 0.3) is 0 Å². The van der Waals surface area contributed by atoms with Crippen molar-refractivity contribution >= 4 is 33.0 Å². The summed E-state index contributed by atoms with van der Waals surface area (Å²) in [6, 6.07) is 8.35. The predicted molar refractivity (Wildman–Crippen MR) is 105 cm³/mol. The number of sulfonamides is 1. The van der Waals surface area contributed by atoms with Gasteiger partial charge < -0.3 is 15.0 Å². The second-order valence-corrected chi connectivity index (χ2v) is 9.50. The van der Waals surface area contributed by atoms with Crippen molar-refractivity contribution in [3.05, 3.63) is 40.6 Å². The molecule has 0 atom stereocenters. The molecule has 7 nitrogen and oxygen atoms in total. The van der Waals surface area contributed by atoms with Crippen molar-refractivity contribution in [3.63, 3.8) is 0 Å². The van der Waals surface area contributed by atoms with Gasteiger partial charge in [-0.2, -0.15) is 4.31 Å². The van der Waals surface area contributed by atoms with Crippen LogP contribution in [0, 0.1) is 0 Å². The number of anilines is 1. The molecule has 0 spiro atoms. The monoisotopic (exact) mass is 410 g/mol. The molecule has 2 heterocycles. The molecule has 1 fully saturated rings. The molecule has 0 unspecified atom stereocenters. The van der Waals surface area contributed by atoms with E-state index >= 15 is 0 Å². The number of ether oxygens (including phenoxy) is 1. The summed E-state index contributed by atoms with van der Waals surface area (Å²) in [6.07, 6.45) is 0.235. The fourth-order valence-corrected chi connectivity index (χ4v) is 5.14. The van der Waals surface area contributed by atoms with E-state index in [0.717, 1.165) is 18.0 Å². The number of carbonyl (C=O) groups is 1. The molecule has 1 aromatic carbocycles. The number of carbonyl (C=O) groups excluding carboxylic acids is 1. The molecule has 0 bridgehead atoms. The van der Waals surface area contributed by atoms with E-state index in [2.05, 4.69) is 12.4 Å². The van der Waals surface area contributed by atoms with Crippen LogP contribution < -0.4 is 15.0 Å².